The summed E-state index contributed by atoms with van der Waals surface area (Å²) in [6.45, 7) is 1.35. The maximum atomic E-state index is 6.52. The van der Waals surface area contributed by atoms with E-state index in [-0.39, 0.29) is 18.3 Å². The summed E-state index contributed by atoms with van der Waals surface area (Å²) in [7, 11) is 1.65. The number of hydrogen-bond donors (Lipinski definition) is 0. The van der Waals surface area contributed by atoms with E-state index in [1.54, 1.807) is 7.11 Å². The van der Waals surface area contributed by atoms with E-state index in [4.69, 9.17) is 23.7 Å². The van der Waals surface area contributed by atoms with Gasteiger partial charge in [-0.15, -0.1) is 0 Å². The van der Waals surface area contributed by atoms with Crippen molar-refractivity contribution < 1.29 is 23.7 Å². The van der Waals surface area contributed by atoms with E-state index in [1.807, 2.05) is 66.7 Å². The standard InChI is InChI=1S/C28H31IO5/c1-30-28-27(33-20-23-15-9-4-10-16-23)26(32-19-22-13-7-3-8-14-22)25(24(17-29)34-28)31-18-21-11-5-2-6-12-21/h2-16,24-28H,17-20H2,1H3/t24-,25-,26-,27+,28+/m1/s1. The Balaban J connectivity index is 1.56. The molecule has 1 fully saturated rings. The minimum atomic E-state index is -0.555. The van der Waals surface area contributed by atoms with E-state index in [0.717, 1.165) is 21.1 Å². The first-order valence-electron chi connectivity index (χ1n) is 11.5. The van der Waals surface area contributed by atoms with Crippen LogP contribution in [-0.4, -0.2) is 42.2 Å². The Hall–Kier alpha value is -1.81. The van der Waals surface area contributed by atoms with Crippen molar-refractivity contribution in [1.82, 2.24) is 0 Å². The Kier molecular flexibility index (Phi) is 9.91. The fourth-order valence-electron chi connectivity index (χ4n) is 4.06. The number of ether oxygens (including phenoxy) is 5. The average molecular weight is 574 g/mol. The molecule has 6 heteroatoms. The zero-order valence-electron chi connectivity index (χ0n) is 19.3. The Morgan fingerprint density at radius 1 is 0.618 bits per heavy atom. The van der Waals surface area contributed by atoms with Gasteiger partial charge in [-0.1, -0.05) is 114 Å². The first kappa shape index (κ1) is 25.3. The molecule has 0 radical (unpaired) electrons. The van der Waals surface area contributed by atoms with Gasteiger partial charge in [-0.3, -0.25) is 0 Å². The molecule has 0 aliphatic carbocycles. The molecule has 0 bridgehead atoms. The molecular formula is C28H31IO5. The Labute approximate surface area is 215 Å². The third kappa shape index (κ3) is 6.87. The summed E-state index contributed by atoms with van der Waals surface area (Å²) >= 11 is 2.33. The molecule has 5 nitrogen and oxygen atoms in total. The van der Waals surface area contributed by atoms with Crippen molar-refractivity contribution in [1.29, 1.82) is 0 Å². The summed E-state index contributed by atoms with van der Waals surface area (Å²) in [5.74, 6) is 0. The second-order valence-corrected chi connectivity index (χ2v) is 9.10. The molecule has 1 heterocycles. The van der Waals surface area contributed by atoms with Crippen LogP contribution in [0.25, 0.3) is 0 Å². The minimum absolute atomic E-state index is 0.188. The van der Waals surface area contributed by atoms with Crippen molar-refractivity contribution >= 4 is 22.6 Å². The first-order valence-corrected chi connectivity index (χ1v) is 13.0. The molecule has 1 aliphatic rings. The SMILES string of the molecule is CO[C@H]1O[C@H](CI)[C@@H](OCc2ccccc2)[C@@H](OCc2ccccc2)[C@@H]1OCc1ccccc1. The van der Waals surface area contributed by atoms with Gasteiger partial charge < -0.3 is 23.7 Å². The number of methoxy groups -OCH3 is 1. The highest BCUT2D eigenvalue weighted by Gasteiger charge is 2.48. The van der Waals surface area contributed by atoms with Crippen molar-refractivity contribution in [2.75, 3.05) is 11.5 Å². The van der Waals surface area contributed by atoms with E-state index < -0.39 is 12.4 Å². The summed E-state index contributed by atoms with van der Waals surface area (Å²) in [5.41, 5.74) is 3.28. The largest absolute Gasteiger partial charge is 0.368 e. The second-order valence-electron chi connectivity index (χ2n) is 8.22. The molecule has 5 atom stereocenters. The highest BCUT2D eigenvalue weighted by molar-refractivity contribution is 14.1. The van der Waals surface area contributed by atoms with Crippen LogP contribution >= 0.6 is 22.6 Å². The van der Waals surface area contributed by atoms with Gasteiger partial charge in [0.05, 0.1) is 25.9 Å². The van der Waals surface area contributed by atoms with Crippen LogP contribution in [0.3, 0.4) is 0 Å². The van der Waals surface area contributed by atoms with E-state index in [0.29, 0.717) is 19.8 Å². The lowest BCUT2D eigenvalue weighted by molar-refractivity contribution is -0.313. The quantitative estimate of drug-likeness (QED) is 0.222. The molecule has 3 aromatic rings. The minimum Gasteiger partial charge on any atom is -0.368 e. The summed E-state index contributed by atoms with van der Waals surface area (Å²) < 4.78 is 32.2. The number of halogens is 1. The zero-order valence-corrected chi connectivity index (χ0v) is 21.5. The summed E-state index contributed by atoms with van der Waals surface area (Å²) in [6, 6.07) is 30.4. The van der Waals surface area contributed by atoms with Gasteiger partial charge in [0.25, 0.3) is 0 Å². The monoisotopic (exact) mass is 574 g/mol. The third-order valence-corrected chi connectivity index (χ3v) is 6.70. The molecule has 0 aromatic heterocycles. The number of benzene rings is 3. The van der Waals surface area contributed by atoms with Gasteiger partial charge in [-0.2, -0.15) is 0 Å². The molecule has 1 aliphatic heterocycles. The van der Waals surface area contributed by atoms with Crippen LogP contribution < -0.4 is 0 Å². The molecule has 180 valence electrons. The van der Waals surface area contributed by atoms with Crippen LogP contribution in [0.4, 0.5) is 0 Å². The molecule has 1 saturated heterocycles. The first-order chi connectivity index (χ1) is 16.8. The van der Waals surface area contributed by atoms with Gasteiger partial charge in [0.2, 0.25) is 0 Å². The lowest BCUT2D eigenvalue weighted by Crippen LogP contribution is -2.61. The van der Waals surface area contributed by atoms with Gasteiger partial charge >= 0.3 is 0 Å². The van der Waals surface area contributed by atoms with Crippen molar-refractivity contribution in [3.63, 3.8) is 0 Å². The van der Waals surface area contributed by atoms with Crippen molar-refractivity contribution in [2.24, 2.45) is 0 Å². The van der Waals surface area contributed by atoms with Crippen LogP contribution in [0, 0.1) is 0 Å². The Morgan fingerprint density at radius 2 is 1.03 bits per heavy atom. The van der Waals surface area contributed by atoms with E-state index >= 15 is 0 Å². The molecular weight excluding hydrogens is 543 g/mol. The van der Waals surface area contributed by atoms with Crippen LogP contribution in [-0.2, 0) is 43.5 Å². The smallest absolute Gasteiger partial charge is 0.186 e. The van der Waals surface area contributed by atoms with Crippen LogP contribution in [0.2, 0.25) is 0 Å². The van der Waals surface area contributed by atoms with Crippen molar-refractivity contribution in [2.45, 2.75) is 50.5 Å². The normalized spacial score (nSPS) is 24.7. The molecule has 0 saturated carbocycles. The summed E-state index contributed by atoms with van der Waals surface area (Å²) in [6.07, 6.45) is -1.87. The Bertz CT molecular complexity index is 899. The van der Waals surface area contributed by atoms with E-state index in [1.165, 1.54) is 0 Å². The molecule has 4 rings (SSSR count). The number of rotatable bonds is 11. The molecule has 0 unspecified atom stereocenters. The van der Waals surface area contributed by atoms with Crippen LogP contribution in [0.1, 0.15) is 16.7 Å². The molecule has 0 amide bonds. The highest BCUT2D eigenvalue weighted by atomic mass is 127. The molecule has 0 N–H and O–H groups in total. The van der Waals surface area contributed by atoms with Crippen molar-refractivity contribution in [3.8, 4) is 0 Å². The van der Waals surface area contributed by atoms with Gasteiger partial charge in [0.15, 0.2) is 6.29 Å². The predicted octanol–water partition coefficient (Wildman–Crippen LogP) is 5.55. The van der Waals surface area contributed by atoms with Gasteiger partial charge in [-0.25, -0.2) is 0 Å². The maximum Gasteiger partial charge on any atom is 0.186 e. The van der Waals surface area contributed by atoms with Crippen LogP contribution in [0.5, 0.6) is 0 Å². The van der Waals surface area contributed by atoms with Gasteiger partial charge in [0, 0.05) is 11.5 Å². The summed E-state index contributed by atoms with van der Waals surface area (Å²) in [4.78, 5) is 0. The Morgan fingerprint density at radius 3 is 1.44 bits per heavy atom. The average Bonchev–Trinajstić information content (AvgIpc) is 2.91. The fourth-order valence-corrected chi connectivity index (χ4v) is 4.77. The fraction of sp³-hybridized carbons (Fsp3) is 0.357. The van der Waals surface area contributed by atoms with E-state index in [2.05, 4.69) is 46.9 Å². The maximum absolute atomic E-state index is 6.52. The second kappa shape index (κ2) is 13.3. The van der Waals surface area contributed by atoms with E-state index in [9.17, 15) is 0 Å². The number of alkyl halides is 1. The zero-order chi connectivity index (χ0) is 23.6. The third-order valence-electron chi connectivity index (χ3n) is 5.83. The lowest BCUT2D eigenvalue weighted by Gasteiger charge is -2.45. The number of hydrogen-bond acceptors (Lipinski definition) is 5. The van der Waals surface area contributed by atoms with Gasteiger partial charge in [-0.05, 0) is 16.7 Å². The predicted molar refractivity (Wildman–Crippen MR) is 140 cm³/mol. The molecule has 3 aromatic carbocycles. The summed E-state index contributed by atoms with van der Waals surface area (Å²) in [5, 5.41) is 0. The topological polar surface area (TPSA) is 46.2 Å². The van der Waals surface area contributed by atoms with Gasteiger partial charge in [0.1, 0.15) is 18.3 Å². The molecule has 0 spiro atoms. The lowest BCUT2D eigenvalue weighted by atomic mass is 9.98. The van der Waals surface area contributed by atoms with Crippen LogP contribution in [0.15, 0.2) is 91.0 Å². The van der Waals surface area contributed by atoms with Crippen molar-refractivity contribution in [3.05, 3.63) is 108 Å². The molecule has 34 heavy (non-hydrogen) atoms. The highest BCUT2D eigenvalue weighted by Crippen LogP contribution is 2.31.